The summed E-state index contributed by atoms with van der Waals surface area (Å²) in [5.74, 6) is -2.40. The summed E-state index contributed by atoms with van der Waals surface area (Å²) in [5, 5.41) is 2.83. The number of nitrogens with zero attached hydrogens (tertiary/aromatic N) is 2. The summed E-state index contributed by atoms with van der Waals surface area (Å²) in [4.78, 5) is 31.2. The zero-order valence-electron chi connectivity index (χ0n) is 15.1. The number of anilines is 1. The highest BCUT2D eigenvalue weighted by Gasteiger charge is 2.28. The maximum Gasteiger partial charge on any atom is 0.410 e. The molecule has 2 aromatic rings. The van der Waals surface area contributed by atoms with E-state index >= 15 is 0 Å². The van der Waals surface area contributed by atoms with E-state index in [2.05, 4.69) is 10.3 Å². The molecule has 2 heterocycles. The molecule has 1 N–H and O–H groups in total. The van der Waals surface area contributed by atoms with Crippen LogP contribution in [0.1, 0.15) is 41.7 Å². The summed E-state index contributed by atoms with van der Waals surface area (Å²) >= 11 is 1.22. The first-order chi connectivity index (χ1) is 12.6. The second-order valence-corrected chi connectivity index (χ2v) is 8.20. The maximum atomic E-state index is 13.7. The van der Waals surface area contributed by atoms with Gasteiger partial charge in [-0.1, -0.05) is 11.3 Å². The molecule has 6 nitrogen and oxygen atoms in total. The predicted octanol–water partition coefficient (Wildman–Crippen LogP) is 3.97. The van der Waals surface area contributed by atoms with Gasteiger partial charge in [0, 0.05) is 23.9 Å². The van der Waals surface area contributed by atoms with E-state index in [0.29, 0.717) is 30.7 Å². The minimum atomic E-state index is -0.940. The Morgan fingerprint density at radius 1 is 1.30 bits per heavy atom. The van der Waals surface area contributed by atoms with Gasteiger partial charge in [0.05, 0.1) is 17.8 Å². The maximum absolute atomic E-state index is 13.7. The van der Waals surface area contributed by atoms with Crippen LogP contribution in [0.25, 0.3) is 0 Å². The van der Waals surface area contributed by atoms with E-state index in [0.717, 1.165) is 22.7 Å². The molecule has 1 aromatic carbocycles. The molecule has 9 heteroatoms. The fourth-order valence-electron chi connectivity index (χ4n) is 2.57. The minimum absolute atomic E-state index is 0.264. The molecule has 144 valence electrons. The van der Waals surface area contributed by atoms with Crippen molar-refractivity contribution in [2.75, 3.05) is 11.9 Å². The van der Waals surface area contributed by atoms with E-state index in [9.17, 15) is 18.4 Å². The van der Waals surface area contributed by atoms with Crippen LogP contribution in [0, 0.1) is 11.6 Å². The number of aromatic nitrogens is 1. The number of hydrogen-bond acceptors (Lipinski definition) is 5. The first kappa shape index (κ1) is 19.2. The number of carbonyl (C=O) groups is 2. The van der Waals surface area contributed by atoms with Crippen molar-refractivity contribution < 1.29 is 23.1 Å². The SMILES string of the molecule is CC(C)(C)OC(=O)N1CCc2nc(NC(=O)c3ccc(F)cc3F)sc2C1. The normalized spacial score (nSPS) is 13.9. The van der Waals surface area contributed by atoms with Crippen LogP contribution in [0.5, 0.6) is 0 Å². The lowest BCUT2D eigenvalue weighted by molar-refractivity contribution is 0.0225. The monoisotopic (exact) mass is 395 g/mol. The van der Waals surface area contributed by atoms with Crippen molar-refractivity contribution in [2.24, 2.45) is 0 Å². The third kappa shape index (κ3) is 4.60. The van der Waals surface area contributed by atoms with E-state index in [-0.39, 0.29) is 5.56 Å². The number of rotatable bonds is 2. The lowest BCUT2D eigenvalue weighted by Crippen LogP contribution is -2.39. The van der Waals surface area contributed by atoms with Gasteiger partial charge in [0.25, 0.3) is 5.91 Å². The lowest BCUT2D eigenvalue weighted by Gasteiger charge is -2.29. The summed E-state index contributed by atoms with van der Waals surface area (Å²) in [6.07, 6.45) is 0.131. The van der Waals surface area contributed by atoms with E-state index in [1.807, 2.05) is 0 Å². The smallest absolute Gasteiger partial charge is 0.410 e. The van der Waals surface area contributed by atoms with Crippen molar-refractivity contribution in [1.82, 2.24) is 9.88 Å². The number of nitrogens with one attached hydrogen (secondary N) is 1. The standard InChI is InChI=1S/C18H19F2N3O3S/c1-18(2,3)26-17(25)23-7-6-13-14(9-23)27-16(21-13)22-15(24)11-5-4-10(19)8-12(11)20/h4-5,8H,6-7,9H2,1-3H3,(H,21,22,24). The first-order valence-corrected chi connectivity index (χ1v) is 9.17. The van der Waals surface area contributed by atoms with E-state index in [4.69, 9.17) is 4.74 Å². The molecule has 0 saturated carbocycles. The number of benzene rings is 1. The molecule has 27 heavy (non-hydrogen) atoms. The highest BCUT2D eigenvalue weighted by Crippen LogP contribution is 2.29. The fourth-order valence-corrected chi connectivity index (χ4v) is 3.59. The molecule has 1 aliphatic rings. The molecule has 1 aromatic heterocycles. The third-order valence-corrected chi connectivity index (χ3v) is 4.78. The van der Waals surface area contributed by atoms with Crippen molar-refractivity contribution in [3.8, 4) is 0 Å². The van der Waals surface area contributed by atoms with Gasteiger partial charge in [-0.3, -0.25) is 10.1 Å². The summed E-state index contributed by atoms with van der Waals surface area (Å²) < 4.78 is 32.1. The Labute approximate surface area is 159 Å². The van der Waals surface area contributed by atoms with Gasteiger partial charge >= 0.3 is 6.09 Å². The summed E-state index contributed by atoms with van der Waals surface area (Å²) in [5.41, 5.74) is -0.0571. The molecule has 0 bridgehead atoms. The second kappa shape index (κ2) is 7.22. The van der Waals surface area contributed by atoms with Crippen LogP contribution in [-0.2, 0) is 17.7 Å². The number of carbonyl (C=O) groups excluding carboxylic acids is 2. The third-order valence-electron chi connectivity index (χ3n) is 3.78. The Hall–Kier alpha value is -2.55. The van der Waals surface area contributed by atoms with Gasteiger partial charge < -0.3 is 9.64 Å². The number of halogens is 2. The van der Waals surface area contributed by atoms with Crippen LogP contribution in [0.2, 0.25) is 0 Å². The van der Waals surface area contributed by atoms with Crippen molar-refractivity contribution in [1.29, 1.82) is 0 Å². The molecule has 1 aliphatic heterocycles. The van der Waals surface area contributed by atoms with Crippen LogP contribution in [0.3, 0.4) is 0 Å². The van der Waals surface area contributed by atoms with Crippen molar-refractivity contribution in [2.45, 2.75) is 39.3 Å². The van der Waals surface area contributed by atoms with Gasteiger partial charge in [-0.25, -0.2) is 18.6 Å². The fraction of sp³-hybridized carbons (Fsp3) is 0.389. The van der Waals surface area contributed by atoms with E-state index < -0.39 is 29.2 Å². The molecular formula is C18H19F2N3O3S. The number of thiazole rings is 1. The van der Waals surface area contributed by atoms with Gasteiger partial charge in [0.15, 0.2) is 5.13 Å². The molecule has 0 saturated heterocycles. The molecular weight excluding hydrogens is 376 g/mol. The molecule has 0 unspecified atom stereocenters. The Bertz CT molecular complexity index is 892. The Morgan fingerprint density at radius 2 is 2.04 bits per heavy atom. The largest absolute Gasteiger partial charge is 0.444 e. The van der Waals surface area contributed by atoms with Crippen LogP contribution >= 0.6 is 11.3 Å². The van der Waals surface area contributed by atoms with Crippen molar-refractivity contribution in [3.05, 3.63) is 46.0 Å². The van der Waals surface area contributed by atoms with Gasteiger partial charge in [-0.15, -0.1) is 0 Å². The van der Waals surface area contributed by atoms with Gasteiger partial charge in [-0.2, -0.15) is 0 Å². The Morgan fingerprint density at radius 3 is 2.70 bits per heavy atom. The van der Waals surface area contributed by atoms with Crippen LogP contribution in [-0.4, -0.2) is 34.0 Å². The number of hydrogen-bond donors (Lipinski definition) is 1. The van der Waals surface area contributed by atoms with Crippen LogP contribution < -0.4 is 5.32 Å². The molecule has 3 rings (SSSR count). The molecule has 0 spiro atoms. The van der Waals surface area contributed by atoms with Crippen molar-refractivity contribution in [3.63, 3.8) is 0 Å². The number of fused-ring (bicyclic) bond motifs is 1. The topological polar surface area (TPSA) is 71.5 Å². The summed E-state index contributed by atoms with van der Waals surface area (Å²) in [6.45, 7) is 6.20. The van der Waals surface area contributed by atoms with E-state index in [1.54, 1.807) is 25.7 Å². The molecule has 0 aliphatic carbocycles. The minimum Gasteiger partial charge on any atom is -0.444 e. The Kier molecular flexibility index (Phi) is 5.14. The number of ether oxygens (including phenoxy) is 1. The first-order valence-electron chi connectivity index (χ1n) is 8.35. The van der Waals surface area contributed by atoms with Crippen molar-refractivity contribution >= 4 is 28.5 Å². The molecule has 0 radical (unpaired) electrons. The molecule has 0 fully saturated rings. The predicted molar refractivity (Wildman–Crippen MR) is 96.8 cm³/mol. The average Bonchev–Trinajstić information content (AvgIpc) is 2.94. The van der Waals surface area contributed by atoms with Gasteiger partial charge in [0.2, 0.25) is 0 Å². The summed E-state index contributed by atoms with van der Waals surface area (Å²) in [7, 11) is 0. The quantitative estimate of drug-likeness (QED) is 0.835. The van der Waals surface area contributed by atoms with Gasteiger partial charge in [-0.05, 0) is 32.9 Å². The highest BCUT2D eigenvalue weighted by molar-refractivity contribution is 7.15. The van der Waals surface area contributed by atoms with Crippen LogP contribution in [0.4, 0.5) is 18.7 Å². The highest BCUT2D eigenvalue weighted by atomic mass is 32.1. The molecule has 0 atom stereocenters. The zero-order chi connectivity index (χ0) is 19.8. The van der Waals surface area contributed by atoms with Crippen LogP contribution in [0.15, 0.2) is 18.2 Å². The van der Waals surface area contributed by atoms with Gasteiger partial charge in [0.1, 0.15) is 17.2 Å². The molecule has 2 amide bonds. The summed E-state index contributed by atoms with van der Waals surface area (Å²) in [6, 6.07) is 2.75. The average molecular weight is 395 g/mol. The lowest BCUT2D eigenvalue weighted by atomic mass is 10.2. The zero-order valence-corrected chi connectivity index (χ0v) is 16.0. The second-order valence-electron chi connectivity index (χ2n) is 7.12. The number of amides is 2. The Balaban J connectivity index is 1.69. The van der Waals surface area contributed by atoms with E-state index in [1.165, 1.54) is 11.3 Å².